The summed E-state index contributed by atoms with van der Waals surface area (Å²) >= 11 is 0. The van der Waals surface area contributed by atoms with Crippen LogP contribution in [0.2, 0.25) is 0 Å². The van der Waals surface area contributed by atoms with E-state index in [-0.39, 0.29) is 17.1 Å². The number of allylic oxidation sites excluding steroid dienone is 5. The Bertz CT molecular complexity index is 1010. The fraction of sp³-hybridized carbons (Fsp3) is 0.552. The zero-order chi connectivity index (χ0) is 22.5. The largest absolute Gasteiger partial charge is 0.385 e. The normalized spacial score (nSPS) is 36.7. The van der Waals surface area contributed by atoms with Crippen LogP contribution in [-0.2, 0) is 16.1 Å². The Morgan fingerprint density at radius 2 is 2.06 bits per heavy atom. The van der Waals surface area contributed by atoms with Gasteiger partial charge in [-0.25, -0.2) is 0 Å². The summed E-state index contributed by atoms with van der Waals surface area (Å²) in [6.07, 6.45) is 12.5. The fourth-order valence-corrected chi connectivity index (χ4v) is 7.61. The third kappa shape index (κ3) is 3.28. The van der Waals surface area contributed by atoms with Gasteiger partial charge in [-0.3, -0.25) is 4.79 Å². The predicted octanol–water partition coefficient (Wildman–Crippen LogP) is 6.04. The molecule has 1 aromatic carbocycles. The highest BCUT2D eigenvalue weighted by atomic mass is 16.5. The fourth-order valence-electron chi connectivity index (χ4n) is 7.61. The van der Waals surface area contributed by atoms with Crippen molar-refractivity contribution < 1.29 is 14.6 Å². The molecule has 0 aromatic heterocycles. The molecule has 0 amide bonds. The number of hydrogen-bond donors (Lipinski definition) is 1. The van der Waals surface area contributed by atoms with E-state index in [9.17, 15) is 9.90 Å². The number of carbonyl (C=O) groups is 1. The number of carbonyl (C=O) groups excluding carboxylic acids is 1. The van der Waals surface area contributed by atoms with Crippen molar-refractivity contribution in [3.8, 4) is 0 Å². The van der Waals surface area contributed by atoms with Gasteiger partial charge >= 0.3 is 0 Å². The Hall–Kier alpha value is -1.97. The van der Waals surface area contributed by atoms with Gasteiger partial charge in [0.05, 0.1) is 12.2 Å². The number of ether oxygens (including phenoxy) is 1. The molecule has 170 valence electrons. The number of benzene rings is 1. The first-order chi connectivity index (χ1) is 15.4. The van der Waals surface area contributed by atoms with E-state index in [1.165, 1.54) is 22.3 Å². The van der Waals surface area contributed by atoms with E-state index in [1.807, 2.05) is 19.1 Å². The van der Waals surface area contributed by atoms with E-state index in [4.69, 9.17) is 4.74 Å². The van der Waals surface area contributed by atoms with Gasteiger partial charge in [-0.05, 0) is 85.6 Å². The monoisotopic (exact) mass is 432 g/mol. The molecule has 5 rings (SSSR count). The molecule has 2 fully saturated rings. The molecule has 1 N–H and O–H groups in total. The summed E-state index contributed by atoms with van der Waals surface area (Å²) in [4.78, 5) is 12.2. The van der Waals surface area contributed by atoms with Crippen molar-refractivity contribution >= 4 is 5.78 Å². The molecule has 1 aromatic rings. The number of fused-ring (bicyclic) bond motifs is 4. The average Bonchev–Trinajstić information content (AvgIpc) is 3.04. The van der Waals surface area contributed by atoms with Crippen molar-refractivity contribution in [1.29, 1.82) is 0 Å². The van der Waals surface area contributed by atoms with Crippen molar-refractivity contribution in [1.82, 2.24) is 0 Å². The molecule has 0 heterocycles. The number of rotatable bonds is 4. The third-order valence-corrected chi connectivity index (χ3v) is 9.06. The van der Waals surface area contributed by atoms with E-state index < -0.39 is 5.60 Å². The first-order valence-corrected chi connectivity index (χ1v) is 12.3. The van der Waals surface area contributed by atoms with Crippen LogP contribution < -0.4 is 0 Å². The lowest BCUT2D eigenvalue weighted by Gasteiger charge is -2.54. The molecular weight excluding hydrogens is 396 g/mol. The van der Waals surface area contributed by atoms with Crippen molar-refractivity contribution in [2.45, 2.75) is 76.9 Å². The Morgan fingerprint density at radius 3 is 2.84 bits per heavy atom. The smallest absolute Gasteiger partial charge is 0.156 e. The molecule has 5 atom stereocenters. The molecule has 0 unspecified atom stereocenters. The molecule has 0 saturated heterocycles. The molecule has 0 radical (unpaired) electrons. The van der Waals surface area contributed by atoms with Gasteiger partial charge < -0.3 is 9.84 Å². The number of methoxy groups -OCH3 is 1. The van der Waals surface area contributed by atoms with Crippen LogP contribution in [0.15, 0.2) is 59.2 Å². The van der Waals surface area contributed by atoms with Gasteiger partial charge in [-0.15, -0.1) is 0 Å². The maximum absolute atomic E-state index is 12.2. The molecule has 0 bridgehead atoms. The van der Waals surface area contributed by atoms with E-state index in [2.05, 4.69) is 37.3 Å². The van der Waals surface area contributed by atoms with E-state index in [0.29, 0.717) is 24.9 Å². The van der Waals surface area contributed by atoms with Gasteiger partial charge in [-0.1, -0.05) is 48.9 Å². The second kappa shape index (κ2) is 8.11. The highest BCUT2D eigenvalue weighted by molar-refractivity contribution is 5.93. The first kappa shape index (κ1) is 21.9. The number of ketones is 1. The molecule has 4 aliphatic rings. The Labute approximate surface area is 192 Å². The molecule has 0 aliphatic heterocycles. The molecule has 0 spiro atoms. The lowest BCUT2D eigenvalue weighted by Crippen LogP contribution is -2.50. The molecule has 4 aliphatic carbocycles. The summed E-state index contributed by atoms with van der Waals surface area (Å²) in [5.74, 6) is 1.54. The van der Waals surface area contributed by atoms with Crippen molar-refractivity contribution in [2.24, 2.45) is 17.3 Å². The first-order valence-electron chi connectivity index (χ1n) is 12.3. The second-order valence-electron chi connectivity index (χ2n) is 10.6. The van der Waals surface area contributed by atoms with Crippen LogP contribution in [0.1, 0.15) is 75.8 Å². The van der Waals surface area contributed by atoms with Crippen LogP contribution >= 0.6 is 0 Å². The lowest BCUT2D eigenvalue weighted by atomic mass is 9.51. The van der Waals surface area contributed by atoms with Gasteiger partial charge in [0, 0.05) is 24.9 Å². The SMILES string of the molecule is CC=C[C@]1(O)CC[C@H]2[C@@H]3CCC4=CC(=O)CCC4=C3[C@@H](c3cccc(COC)c3)C[C@@]21C. The summed E-state index contributed by atoms with van der Waals surface area (Å²) in [5.41, 5.74) is 5.96. The van der Waals surface area contributed by atoms with Gasteiger partial charge in [0.15, 0.2) is 5.78 Å². The number of hydrogen-bond acceptors (Lipinski definition) is 3. The summed E-state index contributed by atoms with van der Waals surface area (Å²) in [6, 6.07) is 8.84. The summed E-state index contributed by atoms with van der Waals surface area (Å²) in [7, 11) is 1.74. The predicted molar refractivity (Wildman–Crippen MR) is 127 cm³/mol. The van der Waals surface area contributed by atoms with Crippen molar-refractivity contribution in [3.05, 3.63) is 70.3 Å². The second-order valence-corrected chi connectivity index (χ2v) is 10.6. The zero-order valence-corrected chi connectivity index (χ0v) is 19.7. The summed E-state index contributed by atoms with van der Waals surface area (Å²) in [5, 5.41) is 11.8. The summed E-state index contributed by atoms with van der Waals surface area (Å²) in [6.45, 7) is 4.97. The third-order valence-electron chi connectivity index (χ3n) is 9.06. The quantitative estimate of drug-likeness (QED) is 0.590. The van der Waals surface area contributed by atoms with Crippen LogP contribution in [0.4, 0.5) is 0 Å². The maximum Gasteiger partial charge on any atom is 0.156 e. The maximum atomic E-state index is 12.2. The van der Waals surface area contributed by atoms with Gasteiger partial charge in [0.2, 0.25) is 0 Å². The van der Waals surface area contributed by atoms with Crippen LogP contribution in [0, 0.1) is 17.3 Å². The van der Waals surface area contributed by atoms with Crippen molar-refractivity contribution in [3.63, 3.8) is 0 Å². The topological polar surface area (TPSA) is 46.5 Å². The molecule has 32 heavy (non-hydrogen) atoms. The standard InChI is InChI=1S/C29H36O3/c1-4-13-29(31)14-12-26-24-10-8-21-16-22(30)9-11-23(21)27(24)25(17-28(26,29)2)20-7-5-6-19(15-20)18-32-3/h4-7,13,15-16,24-26,31H,8-12,14,17-18H2,1-3H3/t24-,25+,26-,28-,29-/m0/s1. The lowest BCUT2D eigenvalue weighted by molar-refractivity contribution is -0.114. The molecular formula is C29H36O3. The van der Waals surface area contributed by atoms with Gasteiger partial charge in [0.1, 0.15) is 0 Å². The van der Waals surface area contributed by atoms with E-state index >= 15 is 0 Å². The van der Waals surface area contributed by atoms with E-state index in [1.54, 1.807) is 12.7 Å². The Morgan fingerprint density at radius 1 is 1.22 bits per heavy atom. The van der Waals surface area contributed by atoms with Crippen LogP contribution in [0.3, 0.4) is 0 Å². The van der Waals surface area contributed by atoms with Crippen molar-refractivity contribution in [2.75, 3.05) is 7.11 Å². The van der Waals surface area contributed by atoms with E-state index in [0.717, 1.165) is 38.5 Å². The molecule has 3 heteroatoms. The zero-order valence-electron chi connectivity index (χ0n) is 19.7. The Balaban J connectivity index is 1.68. The average molecular weight is 433 g/mol. The minimum absolute atomic E-state index is 0.151. The highest BCUT2D eigenvalue weighted by Gasteiger charge is 2.61. The minimum Gasteiger partial charge on any atom is -0.385 e. The Kier molecular flexibility index (Phi) is 5.54. The minimum atomic E-state index is -0.746. The highest BCUT2D eigenvalue weighted by Crippen LogP contribution is 2.67. The van der Waals surface area contributed by atoms with Crippen LogP contribution in [-0.4, -0.2) is 23.6 Å². The van der Waals surface area contributed by atoms with Crippen LogP contribution in [0.5, 0.6) is 0 Å². The van der Waals surface area contributed by atoms with Gasteiger partial charge in [-0.2, -0.15) is 0 Å². The summed E-state index contributed by atoms with van der Waals surface area (Å²) < 4.78 is 5.42. The molecule has 3 nitrogen and oxygen atoms in total. The van der Waals surface area contributed by atoms with Gasteiger partial charge in [0.25, 0.3) is 0 Å². The molecule has 2 saturated carbocycles. The number of aliphatic hydroxyl groups is 1. The van der Waals surface area contributed by atoms with Crippen LogP contribution in [0.25, 0.3) is 0 Å².